The van der Waals surface area contributed by atoms with Gasteiger partial charge in [0.25, 0.3) is 0 Å². The molecule has 2 aromatic rings. The first-order chi connectivity index (χ1) is 8.56. The molecule has 2 rings (SSSR count). The Morgan fingerprint density at radius 1 is 1.44 bits per heavy atom. The summed E-state index contributed by atoms with van der Waals surface area (Å²) in [7, 11) is 0. The second kappa shape index (κ2) is 5.73. The molecular weight excluding hydrogens is 290 g/mol. The first-order valence-corrected chi connectivity index (χ1v) is 6.95. The van der Waals surface area contributed by atoms with Crippen LogP contribution in [0.3, 0.4) is 0 Å². The molecule has 1 atom stereocenters. The highest BCUT2D eigenvalue weighted by Crippen LogP contribution is 2.25. The summed E-state index contributed by atoms with van der Waals surface area (Å²) in [4.78, 5) is 15.1. The van der Waals surface area contributed by atoms with Crippen molar-refractivity contribution in [2.45, 2.75) is 11.7 Å². The maximum Gasteiger partial charge on any atom is 0.316 e. The van der Waals surface area contributed by atoms with Crippen molar-refractivity contribution in [2.24, 2.45) is 0 Å². The molecule has 0 aliphatic carbocycles. The third-order valence-electron chi connectivity index (χ3n) is 2.33. The predicted octanol–water partition coefficient (Wildman–Crippen LogP) is 3.39. The maximum atomic E-state index is 10.7. The lowest BCUT2D eigenvalue weighted by Crippen LogP contribution is -2.16. The van der Waals surface area contributed by atoms with E-state index in [-0.39, 0.29) is 0 Å². The van der Waals surface area contributed by atoms with Crippen molar-refractivity contribution in [1.29, 1.82) is 0 Å². The largest absolute Gasteiger partial charge is 0.480 e. The number of thiazole rings is 1. The molecule has 0 aliphatic heterocycles. The lowest BCUT2D eigenvalue weighted by atomic mass is 10.2. The van der Waals surface area contributed by atoms with Crippen molar-refractivity contribution in [3.8, 4) is 10.6 Å². The van der Waals surface area contributed by atoms with Crippen LogP contribution in [0, 0.1) is 0 Å². The average Bonchev–Trinajstić information content (AvgIpc) is 2.78. The molecule has 0 amide bonds. The predicted molar refractivity (Wildman–Crippen MR) is 76.7 cm³/mol. The highest BCUT2D eigenvalue weighted by atomic mass is 35.5. The molecule has 1 unspecified atom stereocenters. The Morgan fingerprint density at radius 2 is 2.11 bits per heavy atom. The van der Waals surface area contributed by atoms with Crippen molar-refractivity contribution in [3.05, 3.63) is 40.4 Å². The zero-order chi connectivity index (χ0) is 13.1. The van der Waals surface area contributed by atoms with Gasteiger partial charge in [-0.25, -0.2) is 4.98 Å². The number of rotatable bonds is 4. The van der Waals surface area contributed by atoms with Gasteiger partial charge in [-0.15, -0.1) is 11.3 Å². The lowest BCUT2D eigenvalue weighted by molar-refractivity contribution is -0.136. The number of thiol groups is 1. The molecule has 6 heteroatoms. The summed E-state index contributed by atoms with van der Waals surface area (Å²) in [5.41, 5.74) is 1.72. The summed E-state index contributed by atoms with van der Waals surface area (Å²) in [6.45, 7) is 0. The first kappa shape index (κ1) is 13.4. The van der Waals surface area contributed by atoms with Crippen LogP contribution in [0.2, 0.25) is 5.02 Å². The molecule has 0 aliphatic rings. The summed E-state index contributed by atoms with van der Waals surface area (Å²) in [6, 6.07) is 7.38. The van der Waals surface area contributed by atoms with Crippen molar-refractivity contribution >= 4 is 41.5 Å². The van der Waals surface area contributed by atoms with Crippen LogP contribution in [-0.2, 0) is 11.2 Å². The molecule has 0 fully saturated rings. The molecule has 0 spiro atoms. The van der Waals surface area contributed by atoms with Crippen molar-refractivity contribution < 1.29 is 9.90 Å². The van der Waals surface area contributed by atoms with Crippen LogP contribution in [0.1, 0.15) is 5.69 Å². The molecule has 1 heterocycles. The molecule has 18 heavy (non-hydrogen) atoms. The number of aliphatic carboxylic acids is 1. The fraction of sp³-hybridized carbons (Fsp3) is 0.167. The number of carbonyl (C=O) groups is 1. The Bertz CT molecular complexity index is 553. The van der Waals surface area contributed by atoms with E-state index >= 15 is 0 Å². The second-order valence-corrected chi connectivity index (χ2v) is 5.63. The standard InChI is InChI=1S/C12H10ClNO2S2/c13-8-3-1-7(2-4-8)11-14-9(6-18-11)5-10(17)12(15)16/h1-4,6,10,17H,5H2,(H,15,16). The summed E-state index contributed by atoms with van der Waals surface area (Å²) in [6.07, 6.45) is 0.322. The van der Waals surface area contributed by atoms with Gasteiger partial charge in [0.2, 0.25) is 0 Å². The van der Waals surface area contributed by atoms with Gasteiger partial charge in [0.1, 0.15) is 10.3 Å². The number of nitrogens with zero attached hydrogens (tertiary/aromatic N) is 1. The van der Waals surface area contributed by atoms with Crippen LogP contribution in [0.15, 0.2) is 29.6 Å². The smallest absolute Gasteiger partial charge is 0.316 e. The molecule has 1 aromatic heterocycles. The summed E-state index contributed by atoms with van der Waals surface area (Å²) < 4.78 is 0. The van der Waals surface area contributed by atoms with E-state index in [1.165, 1.54) is 11.3 Å². The minimum atomic E-state index is -0.931. The van der Waals surface area contributed by atoms with E-state index in [9.17, 15) is 4.79 Å². The zero-order valence-electron chi connectivity index (χ0n) is 9.21. The van der Waals surface area contributed by atoms with Crippen molar-refractivity contribution in [1.82, 2.24) is 4.98 Å². The Kier molecular flexibility index (Phi) is 4.27. The van der Waals surface area contributed by atoms with Gasteiger partial charge in [-0.05, 0) is 12.1 Å². The van der Waals surface area contributed by atoms with Gasteiger partial charge in [0.15, 0.2) is 0 Å². The number of carboxylic acids is 1. The lowest BCUT2D eigenvalue weighted by Gasteiger charge is -2.01. The van der Waals surface area contributed by atoms with Gasteiger partial charge in [0, 0.05) is 22.4 Å². The van der Waals surface area contributed by atoms with E-state index in [0.717, 1.165) is 16.3 Å². The normalized spacial score (nSPS) is 12.3. The fourth-order valence-corrected chi connectivity index (χ4v) is 2.56. The maximum absolute atomic E-state index is 10.7. The zero-order valence-corrected chi connectivity index (χ0v) is 11.7. The van der Waals surface area contributed by atoms with Gasteiger partial charge < -0.3 is 5.11 Å². The number of aromatic nitrogens is 1. The number of benzene rings is 1. The van der Waals surface area contributed by atoms with Crippen LogP contribution in [0.5, 0.6) is 0 Å². The number of hydrogen-bond donors (Lipinski definition) is 2. The molecule has 0 saturated heterocycles. The highest BCUT2D eigenvalue weighted by Gasteiger charge is 2.15. The average molecular weight is 300 g/mol. The minimum Gasteiger partial charge on any atom is -0.480 e. The minimum absolute atomic E-state index is 0.322. The molecule has 1 aromatic carbocycles. The van der Waals surface area contributed by atoms with Crippen molar-refractivity contribution in [3.63, 3.8) is 0 Å². The van der Waals surface area contributed by atoms with Crippen molar-refractivity contribution in [2.75, 3.05) is 0 Å². The van der Waals surface area contributed by atoms with E-state index in [1.807, 2.05) is 17.5 Å². The quantitative estimate of drug-likeness (QED) is 0.851. The summed E-state index contributed by atoms with van der Waals surface area (Å²) >= 11 is 11.3. The molecule has 0 saturated carbocycles. The van der Waals surface area contributed by atoms with Crippen LogP contribution in [0.4, 0.5) is 0 Å². The SMILES string of the molecule is O=C(O)C(S)Cc1csc(-c2ccc(Cl)cc2)n1. The van der Waals surface area contributed by atoms with Gasteiger partial charge in [0.05, 0.1) is 5.69 Å². The van der Waals surface area contributed by atoms with Gasteiger partial charge in [-0.1, -0.05) is 23.7 Å². The molecular formula is C12H10ClNO2S2. The number of halogens is 1. The molecule has 0 radical (unpaired) electrons. The van der Waals surface area contributed by atoms with Gasteiger partial charge in [-0.2, -0.15) is 12.6 Å². The Hall–Kier alpha value is -1.04. The third kappa shape index (κ3) is 3.25. The van der Waals surface area contributed by atoms with E-state index < -0.39 is 11.2 Å². The number of carboxylic acid groups (broad SMARTS) is 1. The summed E-state index contributed by atoms with van der Waals surface area (Å²) in [5.74, 6) is -0.931. The second-order valence-electron chi connectivity index (χ2n) is 3.71. The van der Waals surface area contributed by atoms with E-state index in [0.29, 0.717) is 11.4 Å². The van der Waals surface area contributed by atoms with Crippen LogP contribution < -0.4 is 0 Å². The van der Waals surface area contributed by atoms with E-state index in [1.54, 1.807) is 12.1 Å². The van der Waals surface area contributed by atoms with Crippen LogP contribution in [-0.4, -0.2) is 21.3 Å². The van der Waals surface area contributed by atoms with E-state index in [2.05, 4.69) is 17.6 Å². The van der Waals surface area contributed by atoms with Gasteiger partial charge >= 0.3 is 5.97 Å². The Labute approximate surface area is 119 Å². The molecule has 3 nitrogen and oxygen atoms in total. The Morgan fingerprint density at radius 3 is 2.72 bits per heavy atom. The number of hydrogen-bond acceptors (Lipinski definition) is 4. The molecule has 0 bridgehead atoms. The van der Waals surface area contributed by atoms with E-state index in [4.69, 9.17) is 16.7 Å². The first-order valence-electron chi connectivity index (χ1n) is 5.17. The Balaban J connectivity index is 2.15. The highest BCUT2D eigenvalue weighted by molar-refractivity contribution is 7.81. The monoisotopic (exact) mass is 299 g/mol. The fourth-order valence-electron chi connectivity index (χ4n) is 1.41. The topological polar surface area (TPSA) is 50.2 Å². The van der Waals surface area contributed by atoms with Gasteiger partial charge in [-0.3, -0.25) is 4.79 Å². The van der Waals surface area contributed by atoms with Crippen LogP contribution in [0.25, 0.3) is 10.6 Å². The molecule has 94 valence electrons. The summed E-state index contributed by atoms with van der Waals surface area (Å²) in [5, 5.41) is 11.5. The van der Waals surface area contributed by atoms with Crippen LogP contribution >= 0.6 is 35.6 Å². The molecule has 1 N–H and O–H groups in total. The third-order valence-corrected chi connectivity index (χ3v) is 3.93.